The number of hydrogen-bond donors (Lipinski definition) is 0. The van der Waals surface area contributed by atoms with Crippen molar-refractivity contribution in [3.63, 3.8) is 0 Å². The number of hydrogen-bond acceptors (Lipinski definition) is 6. The van der Waals surface area contributed by atoms with Crippen LogP contribution in [-0.2, 0) is 19.5 Å². The highest BCUT2D eigenvalue weighted by Gasteiger charge is 2.31. The monoisotopic (exact) mass is 422 g/mol. The Bertz CT molecular complexity index is 1060. The first-order chi connectivity index (χ1) is 14.7. The maximum Gasteiger partial charge on any atom is 0.276 e. The Balaban J connectivity index is 1.25. The molecule has 1 unspecified atom stereocenters. The zero-order valence-corrected chi connectivity index (χ0v) is 17.3. The largest absolute Gasteiger partial charge is 0.333 e. The smallest absolute Gasteiger partial charge is 0.276 e. The topological polar surface area (TPSA) is 84.2 Å². The number of carbonyl (C=O) groups is 2. The van der Waals surface area contributed by atoms with Gasteiger partial charge in [0.1, 0.15) is 5.69 Å². The predicted octanol–water partition coefficient (Wildman–Crippen LogP) is 2.24. The van der Waals surface area contributed by atoms with Gasteiger partial charge in [-0.1, -0.05) is 29.5 Å². The molecule has 0 N–H and O–H groups in total. The molecule has 8 nitrogen and oxygen atoms in total. The molecule has 1 saturated heterocycles. The molecule has 9 heteroatoms. The Morgan fingerprint density at radius 2 is 1.97 bits per heavy atom. The van der Waals surface area contributed by atoms with Crippen LogP contribution in [0.2, 0.25) is 0 Å². The Kier molecular flexibility index (Phi) is 5.04. The predicted molar refractivity (Wildman–Crippen MR) is 111 cm³/mol. The number of carbonyl (C=O) groups excluding carboxylic acids is 2. The average Bonchev–Trinajstić information content (AvgIpc) is 3.54. The van der Waals surface area contributed by atoms with Gasteiger partial charge in [-0.2, -0.15) is 0 Å². The van der Waals surface area contributed by atoms with Gasteiger partial charge in [-0.3, -0.25) is 9.59 Å². The van der Waals surface area contributed by atoms with Gasteiger partial charge in [0.25, 0.3) is 11.8 Å². The van der Waals surface area contributed by atoms with E-state index in [1.54, 1.807) is 21.8 Å². The number of thiazole rings is 1. The molecular formula is C21H22N6O2S. The van der Waals surface area contributed by atoms with E-state index in [1.807, 2.05) is 21.9 Å². The molecule has 0 saturated carbocycles. The van der Waals surface area contributed by atoms with Crippen LogP contribution in [0.15, 0.2) is 41.4 Å². The van der Waals surface area contributed by atoms with E-state index in [9.17, 15) is 9.59 Å². The summed E-state index contributed by atoms with van der Waals surface area (Å²) in [5.41, 5.74) is 5.01. The van der Waals surface area contributed by atoms with Gasteiger partial charge in [0.15, 0.2) is 5.69 Å². The van der Waals surface area contributed by atoms with Gasteiger partial charge in [-0.15, -0.1) is 16.4 Å². The number of amides is 2. The molecular weight excluding hydrogens is 400 g/mol. The Morgan fingerprint density at radius 1 is 1.10 bits per heavy atom. The minimum Gasteiger partial charge on any atom is -0.333 e. The fourth-order valence-electron chi connectivity index (χ4n) is 4.29. The van der Waals surface area contributed by atoms with Crippen LogP contribution < -0.4 is 0 Å². The van der Waals surface area contributed by atoms with E-state index in [2.05, 4.69) is 27.4 Å². The second-order valence-electron chi connectivity index (χ2n) is 7.74. The maximum atomic E-state index is 12.9. The highest BCUT2D eigenvalue weighted by Crippen LogP contribution is 2.22. The zero-order valence-electron chi connectivity index (χ0n) is 16.5. The second kappa shape index (κ2) is 7.98. The lowest BCUT2D eigenvalue weighted by Gasteiger charge is -2.28. The van der Waals surface area contributed by atoms with Crippen molar-refractivity contribution in [2.75, 3.05) is 13.1 Å². The first kappa shape index (κ1) is 18.9. The van der Waals surface area contributed by atoms with Crippen LogP contribution in [0.4, 0.5) is 0 Å². The van der Waals surface area contributed by atoms with E-state index in [4.69, 9.17) is 0 Å². The Hall–Kier alpha value is -3.07. The van der Waals surface area contributed by atoms with E-state index in [0.717, 1.165) is 19.3 Å². The third kappa shape index (κ3) is 3.60. The summed E-state index contributed by atoms with van der Waals surface area (Å²) in [6.07, 6.45) is 4.41. The number of fused-ring (bicyclic) bond motifs is 1. The van der Waals surface area contributed by atoms with Crippen LogP contribution in [0.25, 0.3) is 0 Å². The van der Waals surface area contributed by atoms with E-state index < -0.39 is 0 Å². The fraction of sp³-hybridized carbons (Fsp3) is 0.381. The lowest BCUT2D eigenvalue weighted by molar-refractivity contribution is 0.0711. The molecule has 2 amide bonds. The minimum atomic E-state index is -0.0995. The number of benzene rings is 1. The Morgan fingerprint density at radius 3 is 2.80 bits per heavy atom. The van der Waals surface area contributed by atoms with Gasteiger partial charge in [-0.25, -0.2) is 9.67 Å². The molecule has 1 atom stereocenters. The minimum absolute atomic E-state index is 0.0331. The zero-order chi connectivity index (χ0) is 20.5. The average molecular weight is 423 g/mol. The highest BCUT2D eigenvalue weighted by molar-refractivity contribution is 7.07. The summed E-state index contributed by atoms with van der Waals surface area (Å²) in [5, 5.41) is 10.1. The number of aromatic nitrogens is 4. The molecule has 0 radical (unpaired) electrons. The summed E-state index contributed by atoms with van der Waals surface area (Å²) < 4.78 is 1.68. The standard InChI is InChI=1S/C21H22N6O2S/c28-20(25-9-7-15-4-1-2-5-16(15)10-25)18-12-26(24-23-18)11-17-6-3-8-27(17)21(29)19-13-30-14-22-19/h1-2,4-5,12-14,17H,3,6-11H2. The van der Waals surface area contributed by atoms with E-state index in [-0.39, 0.29) is 17.9 Å². The van der Waals surface area contributed by atoms with Crippen molar-refractivity contribution in [3.8, 4) is 0 Å². The van der Waals surface area contributed by atoms with Crippen molar-refractivity contribution in [1.82, 2.24) is 29.8 Å². The van der Waals surface area contributed by atoms with Crippen molar-refractivity contribution in [2.24, 2.45) is 0 Å². The molecule has 0 aliphatic carbocycles. The second-order valence-corrected chi connectivity index (χ2v) is 8.46. The van der Waals surface area contributed by atoms with Crippen molar-refractivity contribution in [3.05, 3.63) is 63.9 Å². The quantitative estimate of drug-likeness (QED) is 0.644. The van der Waals surface area contributed by atoms with Crippen LogP contribution in [0.3, 0.4) is 0 Å². The van der Waals surface area contributed by atoms with Crippen LogP contribution >= 0.6 is 11.3 Å². The van der Waals surface area contributed by atoms with Gasteiger partial charge in [-0.05, 0) is 30.4 Å². The summed E-state index contributed by atoms with van der Waals surface area (Å²) in [4.78, 5) is 33.4. The summed E-state index contributed by atoms with van der Waals surface area (Å²) in [6, 6.07) is 8.26. The SMILES string of the molecule is O=C(c1cn(CC2CCCN2C(=O)c2cscn2)nn1)N1CCc2ccccc2C1. The molecule has 2 aliphatic rings. The van der Waals surface area contributed by atoms with E-state index >= 15 is 0 Å². The summed E-state index contributed by atoms with van der Waals surface area (Å²) in [6.45, 7) is 2.52. The number of rotatable bonds is 4. The molecule has 0 spiro atoms. The molecule has 4 heterocycles. The number of likely N-dealkylation sites (tertiary alicyclic amines) is 1. The lowest BCUT2D eigenvalue weighted by Crippen LogP contribution is -2.38. The third-order valence-electron chi connectivity index (χ3n) is 5.86. The van der Waals surface area contributed by atoms with Crippen LogP contribution in [0.1, 0.15) is 44.9 Å². The molecule has 2 aromatic heterocycles. The summed E-state index contributed by atoms with van der Waals surface area (Å²) >= 11 is 1.42. The number of nitrogens with zero attached hydrogens (tertiary/aromatic N) is 6. The first-order valence-corrected chi connectivity index (χ1v) is 11.1. The van der Waals surface area contributed by atoms with Crippen LogP contribution in [0.5, 0.6) is 0 Å². The molecule has 154 valence electrons. The first-order valence-electron chi connectivity index (χ1n) is 10.1. The maximum absolute atomic E-state index is 12.9. The van der Waals surface area contributed by atoms with Crippen molar-refractivity contribution in [2.45, 2.75) is 38.4 Å². The fourth-order valence-corrected chi connectivity index (χ4v) is 4.82. The Labute approximate surface area is 178 Å². The normalized spacial score (nSPS) is 18.5. The molecule has 1 fully saturated rings. The van der Waals surface area contributed by atoms with Crippen LogP contribution in [0, 0.1) is 0 Å². The molecule has 5 rings (SSSR count). The van der Waals surface area contributed by atoms with Gasteiger partial charge < -0.3 is 9.80 Å². The van der Waals surface area contributed by atoms with Gasteiger partial charge in [0, 0.05) is 25.0 Å². The van der Waals surface area contributed by atoms with Gasteiger partial charge in [0.2, 0.25) is 0 Å². The molecule has 0 bridgehead atoms. The molecule has 30 heavy (non-hydrogen) atoms. The highest BCUT2D eigenvalue weighted by atomic mass is 32.1. The van der Waals surface area contributed by atoms with Crippen molar-refractivity contribution in [1.29, 1.82) is 0 Å². The molecule has 3 aromatic rings. The van der Waals surface area contributed by atoms with Gasteiger partial charge >= 0.3 is 0 Å². The molecule has 1 aromatic carbocycles. The van der Waals surface area contributed by atoms with E-state index in [1.165, 1.54) is 22.5 Å². The van der Waals surface area contributed by atoms with Gasteiger partial charge in [0.05, 0.1) is 24.3 Å². The summed E-state index contributed by atoms with van der Waals surface area (Å²) in [7, 11) is 0. The van der Waals surface area contributed by atoms with E-state index in [0.29, 0.717) is 37.6 Å². The molecule has 2 aliphatic heterocycles. The van der Waals surface area contributed by atoms with Crippen molar-refractivity contribution < 1.29 is 9.59 Å². The lowest BCUT2D eigenvalue weighted by atomic mass is 10.00. The van der Waals surface area contributed by atoms with Crippen molar-refractivity contribution >= 4 is 23.2 Å². The van der Waals surface area contributed by atoms with Crippen LogP contribution in [-0.4, -0.2) is 60.7 Å². The summed E-state index contributed by atoms with van der Waals surface area (Å²) in [5.74, 6) is -0.139. The third-order valence-corrected chi connectivity index (χ3v) is 6.45.